The van der Waals surface area contributed by atoms with Crippen LogP contribution in [0.5, 0.6) is 11.5 Å². The molecule has 1 aliphatic heterocycles. The molecule has 0 radical (unpaired) electrons. The summed E-state index contributed by atoms with van der Waals surface area (Å²) in [6.07, 6.45) is 2.19. The van der Waals surface area contributed by atoms with Crippen molar-refractivity contribution in [1.82, 2.24) is 9.78 Å². The minimum atomic E-state index is -0.0647. The van der Waals surface area contributed by atoms with Crippen LogP contribution >= 0.6 is 0 Å². The Morgan fingerprint density at radius 2 is 2.12 bits per heavy atom. The van der Waals surface area contributed by atoms with Gasteiger partial charge in [0, 0.05) is 23.6 Å². The molecule has 6 heteroatoms. The summed E-state index contributed by atoms with van der Waals surface area (Å²) in [7, 11) is 0. The van der Waals surface area contributed by atoms with Crippen LogP contribution in [0.3, 0.4) is 0 Å². The summed E-state index contributed by atoms with van der Waals surface area (Å²) < 4.78 is 12.4. The number of hydrogen-bond acceptors (Lipinski definition) is 4. The Balaban J connectivity index is 1.42. The van der Waals surface area contributed by atoms with Crippen molar-refractivity contribution in [2.45, 2.75) is 19.9 Å². The second-order valence-electron chi connectivity index (χ2n) is 5.74. The molecule has 1 aliphatic rings. The molecule has 0 unspecified atom stereocenters. The summed E-state index contributed by atoms with van der Waals surface area (Å²) >= 11 is 0. The molecule has 0 spiro atoms. The minimum absolute atomic E-state index is 0.0647. The second kappa shape index (κ2) is 5.88. The SMILES string of the molecule is Cc1cccc2c1cnn2CCC(=O)Nc1ccc2c(c1)OCO2. The Morgan fingerprint density at radius 3 is 3.04 bits per heavy atom. The fourth-order valence-electron chi connectivity index (χ4n) is 2.83. The van der Waals surface area contributed by atoms with E-state index in [1.807, 2.05) is 23.0 Å². The first kappa shape index (κ1) is 14.6. The lowest BCUT2D eigenvalue weighted by molar-refractivity contribution is -0.116. The monoisotopic (exact) mass is 323 g/mol. The summed E-state index contributed by atoms with van der Waals surface area (Å²) in [6.45, 7) is 2.81. The van der Waals surface area contributed by atoms with E-state index < -0.39 is 0 Å². The van der Waals surface area contributed by atoms with Crippen LogP contribution in [0.25, 0.3) is 10.9 Å². The van der Waals surface area contributed by atoms with Crippen LogP contribution in [0.15, 0.2) is 42.6 Å². The lowest BCUT2D eigenvalue weighted by Crippen LogP contribution is -2.14. The van der Waals surface area contributed by atoms with E-state index in [0.717, 1.165) is 10.9 Å². The molecule has 0 aliphatic carbocycles. The summed E-state index contributed by atoms with van der Waals surface area (Å²) in [6, 6.07) is 11.4. The van der Waals surface area contributed by atoms with Crippen LogP contribution in [0.1, 0.15) is 12.0 Å². The Morgan fingerprint density at radius 1 is 1.25 bits per heavy atom. The van der Waals surface area contributed by atoms with E-state index in [1.165, 1.54) is 5.56 Å². The Hall–Kier alpha value is -3.02. The second-order valence-corrected chi connectivity index (χ2v) is 5.74. The van der Waals surface area contributed by atoms with Gasteiger partial charge in [-0.05, 0) is 30.7 Å². The first-order chi connectivity index (χ1) is 11.7. The first-order valence-electron chi connectivity index (χ1n) is 7.81. The lowest BCUT2D eigenvalue weighted by Gasteiger charge is -2.07. The largest absolute Gasteiger partial charge is 0.454 e. The van der Waals surface area contributed by atoms with Crippen LogP contribution in [0.4, 0.5) is 5.69 Å². The molecule has 122 valence electrons. The van der Waals surface area contributed by atoms with E-state index in [4.69, 9.17) is 9.47 Å². The maximum Gasteiger partial charge on any atom is 0.231 e. The van der Waals surface area contributed by atoms with Gasteiger partial charge in [-0.25, -0.2) is 0 Å². The molecule has 1 aromatic heterocycles. The number of hydrogen-bond donors (Lipinski definition) is 1. The number of aryl methyl sites for hydroxylation is 2. The topological polar surface area (TPSA) is 65.4 Å². The predicted octanol–water partition coefficient (Wildman–Crippen LogP) is 3.10. The predicted molar refractivity (Wildman–Crippen MR) is 90.3 cm³/mol. The normalized spacial score (nSPS) is 12.5. The maximum atomic E-state index is 12.2. The molecule has 1 amide bonds. The number of nitrogens with zero attached hydrogens (tertiary/aromatic N) is 2. The summed E-state index contributed by atoms with van der Waals surface area (Å²) in [5, 5.41) is 8.38. The molecule has 0 saturated heterocycles. The van der Waals surface area contributed by atoms with E-state index in [2.05, 4.69) is 23.4 Å². The zero-order valence-corrected chi connectivity index (χ0v) is 13.3. The van der Waals surface area contributed by atoms with Crippen LogP contribution in [0.2, 0.25) is 0 Å². The summed E-state index contributed by atoms with van der Waals surface area (Å²) in [4.78, 5) is 12.2. The van der Waals surface area contributed by atoms with Crippen LogP contribution in [-0.4, -0.2) is 22.5 Å². The number of benzene rings is 2. The number of amides is 1. The van der Waals surface area contributed by atoms with Gasteiger partial charge in [0.25, 0.3) is 0 Å². The molecule has 1 N–H and O–H groups in total. The van der Waals surface area contributed by atoms with E-state index in [-0.39, 0.29) is 12.7 Å². The molecule has 6 nitrogen and oxygen atoms in total. The van der Waals surface area contributed by atoms with Gasteiger partial charge in [0.15, 0.2) is 11.5 Å². The van der Waals surface area contributed by atoms with E-state index in [1.54, 1.807) is 18.2 Å². The quantitative estimate of drug-likeness (QED) is 0.801. The van der Waals surface area contributed by atoms with Gasteiger partial charge in [0.05, 0.1) is 18.3 Å². The van der Waals surface area contributed by atoms with Crippen molar-refractivity contribution in [2.24, 2.45) is 0 Å². The Labute approximate surface area is 139 Å². The maximum absolute atomic E-state index is 12.2. The van der Waals surface area contributed by atoms with E-state index in [9.17, 15) is 4.79 Å². The third-order valence-corrected chi connectivity index (χ3v) is 4.11. The number of carbonyl (C=O) groups excluding carboxylic acids is 1. The van der Waals surface area contributed by atoms with E-state index in [0.29, 0.717) is 30.2 Å². The van der Waals surface area contributed by atoms with Gasteiger partial charge in [-0.1, -0.05) is 12.1 Å². The highest BCUT2D eigenvalue weighted by atomic mass is 16.7. The van der Waals surface area contributed by atoms with E-state index >= 15 is 0 Å². The number of rotatable bonds is 4. The van der Waals surface area contributed by atoms with Crippen molar-refractivity contribution in [1.29, 1.82) is 0 Å². The molecular formula is C18H17N3O3. The molecule has 4 rings (SSSR count). The molecule has 24 heavy (non-hydrogen) atoms. The molecule has 0 saturated carbocycles. The third-order valence-electron chi connectivity index (χ3n) is 4.11. The van der Waals surface area contributed by atoms with Gasteiger partial charge in [-0.2, -0.15) is 5.10 Å². The Kier molecular flexibility index (Phi) is 3.57. The van der Waals surface area contributed by atoms with Crippen molar-refractivity contribution >= 4 is 22.5 Å². The highest BCUT2D eigenvalue weighted by Gasteiger charge is 2.14. The van der Waals surface area contributed by atoms with Crippen molar-refractivity contribution in [3.05, 3.63) is 48.2 Å². The molecule has 3 aromatic rings. The van der Waals surface area contributed by atoms with Gasteiger partial charge >= 0.3 is 0 Å². The van der Waals surface area contributed by atoms with Gasteiger partial charge in [-0.3, -0.25) is 9.48 Å². The fourth-order valence-corrected chi connectivity index (χ4v) is 2.83. The fraction of sp³-hybridized carbons (Fsp3) is 0.222. The highest BCUT2D eigenvalue weighted by Crippen LogP contribution is 2.34. The van der Waals surface area contributed by atoms with Gasteiger partial charge in [-0.15, -0.1) is 0 Å². The Bertz CT molecular complexity index is 917. The molecule has 0 fully saturated rings. The standard InChI is InChI=1S/C18H17N3O3/c1-12-3-2-4-15-14(12)10-19-21(15)8-7-18(22)20-13-5-6-16-17(9-13)24-11-23-16/h2-6,9-10H,7-8,11H2,1H3,(H,20,22). The zero-order chi connectivity index (χ0) is 16.5. The number of ether oxygens (including phenoxy) is 2. The molecule has 2 aromatic carbocycles. The van der Waals surface area contributed by atoms with Crippen molar-refractivity contribution in [2.75, 3.05) is 12.1 Å². The number of fused-ring (bicyclic) bond motifs is 2. The minimum Gasteiger partial charge on any atom is -0.454 e. The average molecular weight is 323 g/mol. The zero-order valence-electron chi connectivity index (χ0n) is 13.3. The summed E-state index contributed by atoms with van der Waals surface area (Å²) in [5.41, 5.74) is 2.93. The first-order valence-corrected chi connectivity index (χ1v) is 7.81. The smallest absolute Gasteiger partial charge is 0.231 e. The number of aromatic nitrogens is 2. The highest BCUT2D eigenvalue weighted by molar-refractivity contribution is 5.91. The molecule has 0 atom stereocenters. The van der Waals surface area contributed by atoms with Crippen molar-refractivity contribution in [3.8, 4) is 11.5 Å². The van der Waals surface area contributed by atoms with Crippen LogP contribution in [-0.2, 0) is 11.3 Å². The van der Waals surface area contributed by atoms with Gasteiger partial charge in [0.2, 0.25) is 12.7 Å². The lowest BCUT2D eigenvalue weighted by atomic mass is 10.1. The van der Waals surface area contributed by atoms with Gasteiger partial charge < -0.3 is 14.8 Å². The van der Waals surface area contributed by atoms with Crippen molar-refractivity contribution in [3.63, 3.8) is 0 Å². The van der Waals surface area contributed by atoms with Gasteiger partial charge in [0.1, 0.15) is 0 Å². The van der Waals surface area contributed by atoms with Crippen LogP contribution < -0.4 is 14.8 Å². The average Bonchev–Trinajstić information content (AvgIpc) is 3.20. The summed E-state index contributed by atoms with van der Waals surface area (Å²) in [5.74, 6) is 1.29. The third kappa shape index (κ3) is 2.67. The number of anilines is 1. The molecule has 2 heterocycles. The van der Waals surface area contributed by atoms with Crippen LogP contribution in [0, 0.1) is 6.92 Å². The molecule has 0 bridgehead atoms. The number of nitrogens with one attached hydrogen (secondary N) is 1. The van der Waals surface area contributed by atoms with Crippen molar-refractivity contribution < 1.29 is 14.3 Å². The number of carbonyl (C=O) groups is 1. The molecular weight excluding hydrogens is 306 g/mol.